The molecule has 2 heteroatoms. The number of rotatable bonds is 2. The van der Waals surface area contributed by atoms with E-state index < -0.39 is 0 Å². The van der Waals surface area contributed by atoms with Crippen LogP contribution in [0.1, 0.15) is 38.5 Å². The van der Waals surface area contributed by atoms with E-state index >= 15 is 0 Å². The number of hydrogen-bond acceptors (Lipinski definition) is 2. The lowest BCUT2D eigenvalue weighted by Gasteiger charge is -2.44. The summed E-state index contributed by atoms with van der Waals surface area (Å²) in [6.45, 7) is 0.861. The van der Waals surface area contributed by atoms with Crippen LogP contribution in [0.3, 0.4) is 0 Å². The van der Waals surface area contributed by atoms with Crippen LogP contribution in [-0.2, 0) is 9.53 Å². The topological polar surface area (TPSA) is 26.3 Å². The van der Waals surface area contributed by atoms with Crippen molar-refractivity contribution in [2.24, 2.45) is 5.41 Å². The number of aldehydes is 1. The van der Waals surface area contributed by atoms with Gasteiger partial charge in [-0.2, -0.15) is 0 Å². The Morgan fingerprint density at radius 2 is 2.08 bits per heavy atom. The van der Waals surface area contributed by atoms with E-state index in [1.165, 1.54) is 19.3 Å². The van der Waals surface area contributed by atoms with Gasteiger partial charge in [0.05, 0.1) is 11.5 Å². The van der Waals surface area contributed by atoms with Crippen molar-refractivity contribution in [3.8, 4) is 0 Å². The molecule has 2 nitrogen and oxygen atoms in total. The Bertz CT molecular complexity index is 167. The summed E-state index contributed by atoms with van der Waals surface area (Å²) in [5, 5.41) is 0. The second-order valence-corrected chi connectivity index (χ2v) is 4.06. The molecule has 2 aliphatic rings. The van der Waals surface area contributed by atoms with Crippen LogP contribution in [0.4, 0.5) is 0 Å². The summed E-state index contributed by atoms with van der Waals surface area (Å²) >= 11 is 0. The van der Waals surface area contributed by atoms with Gasteiger partial charge in [-0.05, 0) is 32.1 Å². The first-order valence-corrected chi connectivity index (χ1v) is 4.95. The van der Waals surface area contributed by atoms with E-state index in [9.17, 15) is 4.79 Å². The lowest BCUT2D eigenvalue weighted by atomic mass is 9.65. The summed E-state index contributed by atoms with van der Waals surface area (Å²) in [4.78, 5) is 10.9. The van der Waals surface area contributed by atoms with Gasteiger partial charge in [0.2, 0.25) is 0 Å². The van der Waals surface area contributed by atoms with Crippen LogP contribution >= 0.6 is 0 Å². The minimum atomic E-state index is -0.0690. The fourth-order valence-corrected chi connectivity index (χ4v) is 2.29. The molecular weight excluding hydrogens is 152 g/mol. The maximum atomic E-state index is 10.9. The van der Waals surface area contributed by atoms with E-state index in [1.807, 2.05) is 0 Å². The Labute approximate surface area is 73.3 Å². The van der Waals surface area contributed by atoms with Gasteiger partial charge in [-0.15, -0.1) is 0 Å². The summed E-state index contributed by atoms with van der Waals surface area (Å²) in [5.74, 6) is 0. The van der Waals surface area contributed by atoms with Crippen molar-refractivity contribution in [1.29, 1.82) is 0 Å². The van der Waals surface area contributed by atoms with Crippen LogP contribution in [0.5, 0.6) is 0 Å². The molecule has 0 bridgehead atoms. The molecule has 0 N–H and O–H groups in total. The molecular formula is C10H16O2. The molecule has 68 valence electrons. The van der Waals surface area contributed by atoms with E-state index in [0.717, 1.165) is 32.2 Å². The molecule has 0 amide bonds. The van der Waals surface area contributed by atoms with Crippen molar-refractivity contribution in [1.82, 2.24) is 0 Å². The molecule has 0 aromatic carbocycles. The van der Waals surface area contributed by atoms with Crippen LogP contribution in [-0.4, -0.2) is 19.0 Å². The molecule has 1 atom stereocenters. The highest BCUT2D eigenvalue weighted by atomic mass is 16.5. The Kier molecular flexibility index (Phi) is 2.18. The maximum absolute atomic E-state index is 10.9. The molecule has 1 saturated heterocycles. The van der Waals surface area contributed by atoms with Crippen molar-refractivity contribution in [2.45, 2.75) is 44.6 Å². The molecule has 1 aliphatic heterocycles. The molecule has 1 aliphatic carbocycles. The second kappa shape index (κ2) is 3.17. The summed E-state index contributed by atoms with van der Waals surface area (Å²) in [7, 11) is 0. The first-order valence-electron chi connectivity index (χ1n) is 4.95. The smallest absolute Gasteiger partial charge is 0.128 e. The number of ether oxygens (including phenoxy) is 1. The fourth-order valence-electron chi connectivity index (χ4n) is 2.29. The largest absolute Gasteiger partial charge is 0.377 e. The molecule has 0 aromatic heterocycles. The van der Waals surface area contributed by atoms with Crippen LogP contribution in [0.15, 0.2) is 0 Å². The fraction of sp³-hybridized carbons (Fsp3) is 0.900. The van der Waals surface area contributed by atoms with Crippen LogP contribution in [0, 0.1) is 5.41 Å². The molecule has 12 heavy (non-hydrogen) atoms. The zero-order chi connectivity index (χ0) is 8.44. The van der Waals surface area contributed by atoms with Gasteiger partial charge in [0.1, 0.15) is 6.29 Å². The predicted octanol–water partition coefficient (Wildman–Crippen LogP) is 1.92. The first kappa shape index (κ1) is 8.24. The molecule has 2 fully saturated rings. The van der Waals surface area contributed by atoms with Gasteiger partial charge in [0, 0.05) is 6.61 Å². The van der Waals surface area contributed by atoms with Crippen LogP contribution in [0.2, 0.25) is 0 Å². The van der Waals surface area contributed by atoms with E-state index in [-0.39, 0.29) is 11.5 Å². The lowest BCUT2D eigenvalue weighted by Crippen LogP contribution is -2.45. The molecule has 0 aromatic rings. The zero-order valence-corrected chi connectivity index (χ0v) is 7.42. The maximum Gasteiger partial charge on any atom is 0.128 e. The summed E-state index contributed by atoms with van der Waals surface area (Å²) in [6, 6.07) is 0. The normalized spacial score (nSPS) is 33.8. The van der Waals surface area contributed by atoms with Crippen molar-refractivity contribution < 1.29 is 9.53 Å². The molecule has 1 heterocycles. The predicted molar refractivity (Wildman–Crippen MR) is 45.9 cm³/mol. The Morgan fingerprint density at radius 3 is 2.50 bits per heavy atom. The van der Waals surface area contributed by atoms with Gasteiger partial charge in [-0.3, -0.25) is 0 Å². The summed E-state index contributed by atoms with van der Waals surface area (Å²) in [5.41, 5.74) is -0.0690. The Hall–Kier alpha value is -0.370. The first-order chi connectivity index (χ1) is 5.87. The summed E-state index contributed by atoms with van der Waals surface area (Å²) in [6.07, 6.45) is 8.22. The van der Waals surface area contributed by atoms with E-state index in [2.05, 4.69) is 0 Å². The van der Waals surface area contributed by atoms with Crippen molar-refractivity contribution in [3.63, 3.8) is 0 Å². The molecule has 0 radical (unpaired) electrons. The van der Waals surface area contributed by atoms with Crippen molar-refractivity contribution in [2.75, 3.05) is 6.61 Å². The quantitative estimate of drug-likeness (QED) is 0.589. The molecule has 1 unspecified atom stereocenters. The van der Waals surface area contributed by atoms with Gasteiger partial charge in [0.15, 0.2) is 0 Å². The highest BCUT2D eigenvalue weighted by Crippen LogP contribution is 2.45. The third-order valence-corrected chi connectivity index (χ3v) is 3.34. The Morgan fingerprint density at radius 1 is 1.25 bits per heavy atom. The van der Waals surface area contributed by atoms with E-state index in [4.69, 9.17) is 4.74 Å². The highest BCUT2D eigenvalue weighted by molar-refractivity contribution is 5.62. The minimum absolute atomic E-state index is 0.0690. The van der Waals surface area contributed by atoms with E-state index in [0.29, 0.717) is 0 Å². The van der Waals surface area contributed by atoms with Crippen molar-refractivity contribution >= 4 is 6.29 Å². The average Bonchev–Trinajstić information content (AvgIpc) is 2.05. The molecule has 2 rings (SSSR count). The van der Waals surface area contributed by atoms with Gasteiger partial charge < -0.3 is 9.53 Å². The van der Waals surface area contributed by atoms with Gasteiger partial charge >= 0.3 is 0 Å². The van der Waals surface area contributed by atoms with Gasteiger partial charge in [0.25, 0.3) is 0 Å². The monoisotopic (exact) mass is 168 g/mol. The van der Waals surface area contributed by atoms with Crippen molar-refractivity contribution in [3.05, 3.63) is 0 Å². The van der Waals surface area contributed by atoms with Gasteiger partial charge in [-0.1, -0.05) is 6.42 Å². The third-order valence-electron chi connectivity index (χ3n) is 3.34. The number of carbonyl (C=O) groups is 1. The molecule has 1 saturated carbocycles. The Balaban J connectivity index is 1.99. The van der Waals surface area contributed by atoms with Crippen LogP contribution < -0.4 is 0 Å². The SMILES string of the molecule is O=CC1(C2CCCCO2)CCC1. The molecule has 0 spiro atoms. The second-order valence-electron chi connectivity index (χ2n) is 4.06. The number of hydrogen-bond donors (Lipinski definition) is 0. The third kappa shape index (κ3) is 1.18. The summed E-state index contributed by atoms with van der Waals surface area (Å²) < 4.78 is 5.64. The minimum Gasteiger partial charge on any atom is -0.377 e. The van der Waals surface area contributed by atoms with Crippen LogP contribution in [0.25, 0.3) is 0 Å². The highest BCUT2D eigenvalue weighted by Gasteiger charge is 2.45. The van der Waals surface area contributed by atoms with E-state index in [1.54, 1.807) is 0 Å². The lowest BCUT2D eigenvalue weighted by molar-refractivity contribution is -0.141. The average molecular weight is 168 g/mol. The van der Waals surface area contributed by atoms with Gasteiger partial charge in [-0.25, -0.2) is 0 Å². The standard InChI is InChI=1S/C10H16O2/c11-8-10(5-3-6-10)9-4-1-2-7-12-9/h8-9H,1-7H2. The zero-order valence-electron chi connectivity index (χ0n) is 7.42. The number of carbonyl (C=O) groups excluding carboxylic acids is 1.